The van der Waals surface area contributed by atoms with Gasteiger partial charge in [-0.3, -0.25) is 0 Å². The van der Waals surface area contributed by atoms with E-state index in [1.165, 1.54) is 43.8 Å². The van der Waals surface area contributed by atoms with Crippen molar-refractivity contribution < 1.29 is 4.42 Å². The zero-order valence-electron chi connectivity index (χ0n) is 13.0. The van der Waals surface area contributed by atoms with Gasteiger partial charge in [-0.1, -0.05) is 60.7 Å². The first-order chi connectivity index (χ1) is 11.9. The van der Waals surface area contributed by atoms with E-state index in [9.17, 15) is 0 Å². The van der Waals surface area contributed by atoms with Gasteiger partial charge in [-0.05, 0) is 46.2 Å². The second-order valence-corrected chi connectivity index (χ2v) is 6.56. The molecule has 0 radical (unpaired) electrons. The van der Waals surface area contributed by atoms with Crippen molar-refractivity contribution in [2.45, 2.75) is 6.42 Å². The smallest absolute Gasteiger partial charge is 0.143 e. The predicted octanol–water partition coefficient (Wildman–Crippen LogP) is 6.31. The van der Waals surface area contributed by atoms with Crippen LogP contribution in [0, 0.1) is 0 Å². The van der Waals surface area contributed by atoms with E-state index in [0.717, 1.165) is 17.6 Å². The molecule has 1 heterocycles. The molecule has 0 spiro atoms. The maximum atomic E-state index is 6.29. The van der Waals surface area contributed by atoms with Crippen LogP contribution >= 0.6 is 0 Å². The molecule has 24 heavy (non-hydrogen) atoms. The number of fused-ring (bicyclic) bond motifs is 9. The van der Waals surface area contributed by atoms with Gasteiger partial charge < -0.3 is 4.42 Å². The predicted molar refractivity (Wildman–Crippen MR) is 99.5 cm³/mol. The molecule has 1 heteroatoms. The summed E-state index contributed by atoms with van der Waals surface area (Å²) in [6, 6.07) is 25.9. The van der Waals surface area contributed by atoms with Gasteiger partial charge in [-0.15, -0.1) is 0 Å². The van der Waals surface area contributed by atoms with Crippen molar-refractivity contribution in [2.24, 2.45) is 0 Å². The molecule has 1 aliphatic carbocycles. The molecular formula is C23H14O. The summed E-state index contributed by atoms with van der Waals surface area (Å²) in [6.07, 6.45) is 0.990. The lowest BCUT2D eigenvalue weighted by Crippen LogP contribution is -1.82. The van der Waals surface area contributed by atoms with Crippen molar-refractivity contribution in [2.75, 3.05) is 0 Å². The van der Waals surface area contributed by atoms with Crippen molar-refractivity contribution in [3.8, 4) is 11.1 Å². The van der Waals surface area contributed by atoms with Crippen LogP contribution in [0.2, 0.25) is 0 Å². The molecule has 0 amide bonds. The van der Waals surface area contributed by atoms with Gasteiger partial charge in [0, 0.05) is 16.2 Å². The fourth-order valence-corrected chi connectivity index (χ4v) is 4.23. The highest BCUT2D eigenvalue weighted by Crippen LogP contribution is 2.44. The van der Waals surface area contributed by atoms with Crippen LogP contribution in [0.5, 0.6) is 0 Å². The average Bonchev–Trinajstić information content (AvgIpc) is 3.19. The maximum Gasteiger partial charge on any atom is 0.143 e. The third kappa shape index (κ3) is 1.45. The minimum absolute atomic E-state index is 0.990. The second-order valence-electron chi connectivity index (χ2n) is 6.56. The largest absolute Gasteiger partial charge is 0.455 e. The van der Waals surface area contributed by atoms with Gasteiger partial charge in [0.1, 0.15) is 11.2 Å². The van der Waals surface area contributed by atoms with Crippen molar-refractivity contribution in [3.05, 3.63) is 83.9 Å². The van der Waals surface area contributed by atoms with E-state index in [-0.39, 0.29) is 0 Å². The first kappa shape index (κ1) is 12.4. The zero-order chi connectivity index (χ0) is 15.7. The molecule has 6 rings (SSSR count). The number of hydrogen-bond donors (Lipinski definition) is 0. The van der Waals surface area contributed by atoms with Crippen LogP contribution < -0.4 is 0 Å². The van der Waals surface area contributed by atoms with Gasteiger partial charge in [-0.25, -0.2) is 0 Å². The molecule has 0 fully saturated rings. The third-order valence-corrected chi connectivity index (χ3v) is 5.31. The van der Waals surface area contributed by atoms with E-state index in [0.29, 0.717) is 0 Å². The Bertz CT molecular complexity index is 1270. The van der Waals surface area contributed by atoms with Crippen LogP contribution in [0.1, 0.15) is 11.1 Å². The summed E-state index contributed by atoms with van der Waals surface area (Å²) in [6.45, 7) is 0. The Morgan fingerprint density at radius 1 is 0.667 bits per heavy atom. The molecular weight excluding hydrogens is 292 g/mol. The van der Waals surface area contributed by atoms with Crippen molar-refractivity contribution in [1.29, 1.82) is 0 Å². The lowest BCUT2D eigenvalue weighted by molar-refractivity contribution is 0.672. The van der Waals surface area contributed by atoms with Gasteiger partial charge in [0.25, 0.3) is 0 Å². The Balaban J connectivity index is 1.79. The van der Waals surface area contributed by atoms with Crippen LogP contribution in [0.15, 0.2) is 77.2 Å². The van der Waals surface area contributed by atoms with Crippen molar-refractivity contribution in [1.82, 2.24) is 0 Å². The molecule has 112 valence electrons. The summed E-state index contributed by atoms with van der Waals surface area (Å²) in [5.41, 5.74) is 7.54. The van der Waals surface area contributed by atoms with Crippen molar-refractivity contribution >= 4 is 32.7 Å². The standard InChI is InChI=1S/C23H14O/c1-4-8-17-14(5-1)9-10-19-22-20-13-15-6-2-3-7-16(15)18(20)11-12-21(22)24-23(17)19/h1-12H,13H2. The molecule has 1 nitrogen and oxygen atoms in total. The first-order valence-corrected chi connectivity index (χ1v) is 8.34. The quantitative estimate of drug-likeness (QED) is 0.320. The SMILES string of the molecule is c1ccc2c(c1)Cc1c-2ccc2oc3c4ccccc4ccc3c12. The Morgan fingerprint density at radius 3 is 2.54 bits per heavy atom. The van der Waals surface area contributed by atoms with E-state index in [1.54, 1.807) is 0 Å². The number of hydrogen-bond acceptors (Lipinski definition) is 1. The minimum atomic E-state index is 0.990. The molecule has 0 aliphatic heterocycles. The van der Waals surface area contributed by atoms with Crippen LogP contribution in [-0.4, -0.2) is 0 Å². The molecule has 1 aromatic heterocycles. The topological polar surface area (TPSA) is 13.1 Å². The Kier molecular flexibility index (Phi) is 2.20. The maximum absolute atomic E-state index is 6.29. The third-order valence-electron chi connectivity index (χ3n) is 5.31. The lowest BCUT2D eigenvalue weighted by Gasteiger charge is -2.02. The van der Waals surface area contributed by atoms with E-state index in [4.69, 9.17) is 4.42 Å². The molecule has 0 unspecified atom stereocenters. The molecule has 4 aromatic carbocycles. The molecule has 0 saturated heterocycles. The summed E-state index contributed by atoms with van der Waals surface area (Å²) in [4.78, 5) is 0. The number of furan rings is 1. The van der Waals surface area contributed by atoms with E-state index in [1.807, 2.05) is 0 Å². The van der Waals surface area contributed by atoms with Gasteiger partial charge in [0.15, 0.2) is 0 Å². The van der Waals surface area contributed by atoms with Crippen LogP contribution in [-0.2, 0) is 6.42 Å². The molecule has 1 aliphatic rings. The number of rotatable bonds is 0. The minimum Gasteiger partial charge on any atom is -0.455 e. The lowest BCUT2D eigenvalue weighted by atomic mass is 9.99. The summed E-state index contributed by atoms with van der Waals surface area (Å²) in [5, 5.41) is 4.93. The Labute approximate surface area is 139 Å². The average molecular weight is 306 g/mol. The second kappa shape index (κ2) is 4.27. The highest BCUT2D eigenvalue weighted by molar-refractivity contribution is 6.17. The first-order valence-electron chi connectivity index (χ1n) is 8.34. The van der Waals surface area contributed by atoms with Gasteiger partial charge in [-0.2, -0.15) is 0 Å². The van der Waals surface area contributed by atoms with E-state index < -0.39 is 0 Å². The molecule has 0 N–H and O–H groups in total. The highest BCUT2D eigenvalue weighted by atomic mass is 16.3. The summed E-state index contributed by atoms with van der Waals surface area (Å²) in [5.74, 6) is 0. The molecule has 0 bridgehead atoms. The van der Waals surface area contributed by atoms with Crippen LogP contribution in [0.25, 0.3) is 43.8 Å². The summed E-state index contributed by atoms with van der Waals surface area (Å²) >= 11 is 0. The Hall–Kier alpha value is -3.06. The summed E-state index contributed by atoms with van der Waals surface area (Å²) in [7, 11) is 0. The zero-order valence-corrected chi connectivity index (χ0v) is 13.0. The molecule has 0 saturated carbocycles. The van der Waals surface area contributed by atoms with E-state index >= 15 is 0 Å². The summed E-state index contributed by atoms with van der Waals surface area (Å²) < 4.78 is 6.29. The van der Waals surface area contributed by atoms with Gasteiger partial charge >= 0.3 is 0 Å². The van der Waals surface area contributed by atoms with Gasteiger partial charge in [0.05, 0.1) is 0 Å². The van der Waals surface area contributed by atoms with Crippen LogP contribution in [0.3, 0.4) is 0 Å². The van der Waals surface area contributed by atoms with E-state index in [2.05, 4.69) is 72.8 Å². The fourth-order valence-electron chi connectivity index (χ4n) is 4.23. The van der Waals surface area contributed by atoms with Gasteiger partial charge in [0.2, 0.25) is 0 Å². The number of benzene rings is 4. The van der Waals surface area contributed by atoms with Crippen molar-refractivity contribution in [3.63, 3.8) is 0 Å². The normalized spacial score (nSPS) is 12.8. The monoisotopic (exact) mass is 306 g/mol. The highest BCUT2D eigenvalue weighted by Gasteiger charge is 2.23. The molecule has 5 aromatic rings. The fraction of sp³-hybridized carbons (Fsp3) is 0.0435. The molecule has 0 atom stereocenters. The Morgan fingerprint density at radius 2 is 1.54 bits per heavy atom. The van der Waals surface area contributed by atoms with Crippen LogP contribution in [0.4, 0.5) is 0 Å².